The highest BCUT2D eigenvalue weighted by Crippen LogP contribution is 2.23. The average molecular weight is 255 g/mol. The maximum Gasteiger partial charge on any atom is 0.231 e. The van der Waals surface area contributed by atoms with Gasteiger partial charge in [0, 0.05) is 16.8 Å². The maximum absolute atomic E-state index is 11.8. The van der Waals surface area contributed by atoms with Gasteiger partial charge < -0.3 is 10.6 Å². The first-order valence-corrected chi connectivity index (χ1v) is 6.72. The van der Waals surface area contributed by atoms with Gasteiger partial charge in [0.2, 0.25) is 5.91 Å². The minimum atomic E-state index is -0.390. The molecule has 0 bridgehead atoms. The van der Waals surface area contributed by atoms with Crippen molar-refractivity contribution in [1.29, 1.82) is 0 Å². The first-order chi connectivity index (χ1) is 7.84. The van der Waals surface area contributed by atoms with Crippen LogP contribution in [0.4, 0.5) is 5.13 Å². The Bertz CT molecular complexity index is 381. The molecule has 0 aliphatic heterocycles. The van der Waals surface area contributed by atoms with Crippen LogP contribution in [0.5, 0.6) is 0 Å². The van der Waals surface area contributed by atoms with Crippen molar-refractivity contribution >= 4 is 22.4 Å². The van der Waals surface area contributed by atoms with Gasteiger partial charge in [-0.2, -0.15) is 0 Å². The molecule has 1 aromatic rings. The Morgan fingerprint density at radius 3 is 2.71 bits per heavy atom. The van der Waals surface area contributed by atoms with Gasteiger partial charge in [-0.15, -0.1) is 11.3 Å². The van der Waals surface area contributed by atoms with Gasteiger partial charge in [-0.25, -0.2) is 4.98 Å². The third kappa shape index (κ3) is 4.09. The normalized spacial score (nSPS) is 13.5. The van der Waals surface area contributed by atoms with Crippen molar-refractivity contribution in [2.75, 3.05) is 11.9 Å². The topological polar surface area (TPSA) is 54.0 Å². The fraction of sp³-hybridized carbons (Fsp3) is 0.667. The Morgan fingerprint density at radius 2 is 2.18 bits per heavy atom. The Balaban J connectivity index is 2.66. The van der Waals surface area contributed by atoms with Crippen molar-refractivity contribution in [3.63, 3.8) is 0 Å². The lowest BCUT2D eigenvalue weighted by molar-refractivity contribution is -0.123. The zero-order valence-electron chi connectivity index (χ0n) is 11.1. The average Bonchev–Trinajstić information content (AvgIpc) is 2.65. The summed E-state index contributed by atoms with van der Waals surface area (Å²) in [7, 11) is 0. The predicted molar refractivity (Wildman–Crippen MR) is 72.3 cm³/mol. The summed E-state index contributed by atoms with van der Waals surface area (Å²) in [6.45, 7) is 10.7. The predicted octanol–water partition coefficient (Wildman–Crippen LogP) is 2.80. The summed E-state index contributed by atoms with van der Waals surface area (Å²) >= 11 is 1.47. The highest BCUT2D eigenvalue weighted by molar-refractivity contribution is 7.13. The van der Waals surface area contributed by atoms with E-state index in [0.717, 1.165) is 12.2 Å². The second kappa shape index (κ2) is 5.60. The molecule has 1 atom stereocenters. The molecule has 0 radical (unpaired) electrons. The van der Waals surface area contributed by atoms with E-state index in [1.165, 1.54) is 11.3 Å². The van der Waals surface area contributed by atoms with Gasteiger partial charge in [-0.1, -0.05) is 27.7 Å². The molecule has 4 nitrogen and oxygen atoms in total. The van der Waals surface area contributed by atoms with Crippen LogP contribution in [-0.4, -0.2) is 17.4 Å². The van der Waals surface area contributed by atoms with E-state index in [4.69, 9.17) is 0 Å². The van der Waals surface area contributed by atoms with Gasteiger partial charge in [0.25, 0.3) is 0 Å². The second-order valence-corrected chi connectivity index (χ2v) is 5.92. The Morgan fingerprint density at radius 1 is 1.53 bits per heavy atom. The van der Waals surface area contributed by atoms with Crippen LogP contribution in [0.15, 0.2) is 5.38 Å². The van der Waals surface area contributed by atoms with Crippen LogP contribution in [0.1, 0.15) is 46.4 Å². The number of nitrogens with one attached hydrogen (secondary N) is 2. The number of thiazole rings is 1. The molecule has 1 aromatic heterocycles. The first-order valence-electron chi connectivity index (χ1n) is 5.85. The lowest BCUT2D eigenvalue weighted by Crippen LogP contribution is -2.27. The quantitative estimate of drug-likeness (QED) is 0.870. The number of hydrogen-bond acceptors (Lipinski definition) is 4. The molecule has 0 saturated heterocycles. The van der Waals surface area contributed by atoms with Gasteiger partial charge in [-0.05, 0) is 13.5 Å². The molecule has 0 spiro atoms. The molecule has 5 heteroatoms. The molecule has 0 aliphatic rings. The minimum Gasteiger partial charge on any atom is -0.309 e. The minimum absolute atomic E-state index is 0.00509. The highest BCUT2D eigenvalue weighted by atomic mass is 32.1. The fourth-order valence-electron chi connectivity index (χ4n) is 1.24. The van der Waals surface area contributed by atoms with Crippen molar-refractivity contribution in [3.05, 3.63) is 11.1 Å². The molecule has 2 N–H and O–H groups in total. The number of carbonyl (C=O) groups excluding carboxylic acids is 1. The van der Waals surface area contributed by atoms with E-state index >= 15 is 0 Å². The van der Waals surface area contributed by atoms with Crippen LogP contribution in [0.3, 0.4) is 0 Å². The van der Waals surface area contributed by atoms with Crippen molar-refractivity contribution in [3.8, 4) is 0 Å². The number of amides is 1. The summed E-state index contributed by atoms with van der Waals surface area (Å²) in [5, 5.41) is 8.78. The van der Waals surface area contributed by atoms with E-state index < -0.39 is 0 Å². The lowest BCUT2D eigenvalue weighted by Gasteiger charge is -2.16. The van der Waals surface area contributed by atoms with Gasteiger partial charge in [0.15, 0.2) is 5.13 Å². The van der Waals surface area contributed by atoms with Crippen molar-refractivity contribution < 1.29 is 4.79 Å². The number of nitrogens with zero attached hydrogens (tertiary/aromatic N) is 1. The molecule has 17 heavy (non-hydrogen) atoms. The first kappa shape index (κ1) is 14.1. The van der Waals surface area contributed by atoms with Gasteiger partial charge in [0.1, 0.15) is 0 Å². The highest BCUT2D eigenvalue weighted by Gasteiger charge is 2.22. The van der Waals surface area contributed by atoms with Gasteiger partial charge >= 0.3 is 0 Å². The van der Waals surface area contributed by atoms with Crippen LogP contribution < -0.4 is 10.6 Å². The molecule has 0 aliphatic carbocycles. The van der Waals surface area contributed by atoms with Crippen molar-refractivity contribution in [2.24, 2.45) is 5.41 Å². The van der Waals surface area contributed by atoms with E-state index in [-0.39, 0.29) is 17.4 Å². The Kier molecular flexibility index (Phi) is 4.65. The molecule has 0 aromatic carbocycles. The number of anilines is 1. The molecule has 0 fully saturated rings. The maximum atomic E-state index is 11.8. The zero-order chi connectivity index (χ0) is 13.1. The van der Waals surface area contributed by atoms with Crippen LogP contribution >= 0.6 is 11.3 Å². The molecule has 1 unspecified atom stereocenters. The zero-order valence-corrected chi connectivity index (χ0v) is 11.9. The SMILES string of the molecule is CCNC(C)c1csc(NC(=O)C(C)(C)C)n1. The Hall–Kier alpha value is -0.940. The molecular weight excluding hydrogens is 234 g/mol. The second-order valence-electron chi connectivity index (χ2n) is 5.06. The summed E-state index contributed by atoms with van der Waals surface area (Å²) in [6, 6.07) is 0.219. The van der Waals surface area contributed by atoms with Crippen LogP contribution in [0, 0.1) is 5.41 Å². The largest absolute Gasteiger partial charge is 0.309 e. The molecule has 96 valence electrons. The fourth-order valence-corrected chi connectivity index (χ4v) is 2.04. The van der Waals surface area contributed by atoms with E-state index in [0.29, 0.717) is 5.13 Å². The van der Waals surface area contributed by atoms with E-state index in [2.05, 4.69) is 29.5 Å². The molecule has 1 heterocycles. The summed E-state index contributed by atoms with van der Waals surface area (Å²) < 4.78 is 0. The van der Waals surface area contributed by atoms with Crippen LogP contribution in [0.2, 0.25) is 0 Å². The standard InChI is InChI=1S/C12H21N3OS/c1-6-13-8(2)9-7-17-11(14-9)15-10(16)12(3,4)5/h7-8,13H,6H2,1-5H3,(H,14,15,16). The lowest BCUT2D eigenvalue weighted by atomic mass is 9.96. The van der Waals surface area contributed by atoms with Crippen LogP contribution in [0.25, 0.3) is 0 Å². The van der Waals surface area contributed by atoms with Gasteiger partial charge in [0.05, 0.1) is 5.69 Å². The van der Waals surface area contributed by atoms with Crippen molar-refractivity contribution in [1.82, 2.24) is 10.3 Å². The smallest absolute Gasteiger partial charge is 0.231 e. The summed E-state index contributed by atoms with van der Waals surface area (Å²) in [5.74, 6) is -0.00509. The van der Waals surface area contributed by atoms with E-state index in [1.807, 2.05) is 26.2 Å². The third-order valence-electron chi connectivity index (χ3n) is 2.38. The number of aromatic nitrogens is 1. The van der Waals surface area contributed by atoms with Crippen LogP contribution in [-0.2, 0) is 4.79 Å². The molecule has 1 rings (SSSR count). The van der Waals surface area contributed by atoms with Crippen molar-refractivity contribution in [2.45, 2.75) is 40.7 Å². The summed E-state index contributed by atoms with van der Waals surface area (Å²) in [4.78, 5) is 16.2. The van der Waals surface area contributed by atoms with Gasteiger partial charge in [-0.3, -0.25) is 4.79 Å². The Labute approximate surface area is 107 Å². The monoisotopic (exact) mass is 255 g/mol. The molecular formula is C12H21N3OS. The summed E-state index contributed by atoms with van der Waals surface area (Å²) in [5.41, 5.74) is 0.583. The molecule has 1 amide bonds. The third-order valence-corrected chi connectivity index (χ3v) is 3.15. The number of hydrogen-bond donors (Lipinski definition) is 2. The number of carbonyl (C=O) groups is 1. The molecule has 0 saturated carbocycles. The van der Waals surface area contributed by atoms with E-state index in [1.54, 1.807) is 0 Å². The summed E-state index contributed by atoms with van der Waals surface area (Å²) in [6.07, 6.45) is 0. The number of rotatable bonds is 4. The van der Waals surface area contributed by atoms with E-state index in [9.17, 15) is 4.79 Å².